The van der Waals surface area contributed by atoms with Gasteiger partial charge in [-0.3, -0.25) is 28.9 Å². The molecule has 5 saturated heterocycles. The summed E-state index contributed by atoms with van der Waals surface area (Å²) in [5, 5.41) is 25.0. The lowest BCUT2D eigenvalue weighted by Gasteiger charge is -2.39. The highest BCUT2D eigenvalue weighted by Gasteiger charge is 2.66. The van der Waals surface area contributed by atoms with Gasteiger partial charge in [-0.1, -0.05) is 60.7 Å². The molecule has 4 N–H and O–H groups in total. The molecule has 5 fully saturated rings. The molecule has 0 bridgehead atoms. The summed E-state index contributed by atoms with van der Waals surface area (Å²) in [4.78, 5) is 67.9. The Morgan fingerprint density at radius 3 is 1.87 bits per heavy atom. The first-order valence-electron chi connectivity index (χ1n) is 25.0. The second-order valence-corrected chi connectivity index (χ2v) is 24.7. The number of benzene rings is 4. The molecule has 3 amide bonds. The third kappa shape index (κ3) is 7.55. The van der Waals surface area contributed by atoms with Gasteiger partial charge in [0.05, 0.1) is 37.4 Å². The zero-order chi connectivity index (χ0) is 48.4. The second-order valence-electron chi connectivity index (χ2n) is 20.7. The van der Waals surface area contributed by atoms with Crippen molar-refractivity contribution in [3.8, 4) is 0 Å². The Morgan fingerprint density at radius 2 is 1.30 bits per heavy atom. The van der Waals surface area contributed by atoms with Gasteiger partial charge in [0.2, 0.25) is 0 Å². The molecule has 6 aliphatic heterocycles. The van der Waals surface area contributed by atoms with E-state index in [9.17, 15) is 14.7 Å². The largest absolute Gasteiger partial charge is 0.432 e. The van der Waals surface area contributed by atoms with E-state index in [1.54, 1.807) is 4.68 Å². The molecule has 6 aliphatic rings. The Morgan fingerprint density at radius 1 is 0.729 bits per heavy atom. The van der Waals surface area contributed by atoms with E-state index in [-0.39, 0.29) is 36.4 Å². The Labute approximate surface area is 410 Å². The number of carbonyl (C=O) groups excluding carboxylic acids is 3. The average Bonchev–Trinajstić information content (AvgIpc) is 4.15. The van der Waals surface area contributed by atoms with Gasteiger partial charge in [0.15, 0.2) is 13.9 Å². The van der Waals surface area contributed by atoms with Crippen LogP contribution in [0.5, 0.6) is 0 Å². The maximum Gasteiger partial charge on any atom is 0.264 e. The van der Waals surface area contributed by atoms with Crippen molar-refractivity contribution in [3.63, 3.8) is 0 Å². The number of nitrogens with zero attached hydrogens (tertiary/aromatic N) is 8. The number of aliphatic hydroxyl groups excluding tert-OH is 1. The summed E-state index contributed by atoms with van der Waals surface area (Å²) in [6.45, 7) is 10.2. The first kappa shape index (κ1) is 46.4. The summed E-state index contributed by atoms with van der Waals surface area (Å²) < 4.78 is 9.06. The van der Waals surface area contributed by atoms with Gasteiger partial charge in [0.1, 0.15) is 11.1 Å². The predicted octanol–water partition coefficient (Wildman–Crippen LogP) is 5.11. The Kier molecular flexibility index (Phi) is 12.0. The fourth-order valence-corrected chi connectivity index (χ4v) is 15.5. The summed E-state index contributed by atoms with van der Waals surface area (Å²) >= 11 is 0. The van der Waals surface area contributed by atoms with Crippen molar-refractivity contribution in [2.45, 2.75) is 100.0 Å². The number of nitrogens with one attached hydrogen (secondary N) is 2. The molecule has 5 aromatic rings. The SMILES string of the molecule is C[C@@H]1[C@@H]([Si](C)(C)O)[C@H](CCn2cc(CCO)nn2)O[C@@]12C(=O)N(Cc1cccc(N3CN(c4ccccc4)C4(CCNCC4)C3=O)c1)c1ccc(N3CN(c4ccccc4)C4(CCNCC4)C3=O)cc12. The van der Waals surface area contributed by atoms with E-state index in [4.69, 9.17) is 4.74 Å². The average molecular weight is 965 g/mol. The molecule has 11 rings (SSSR count). The first-order chi connectivity index (χ1) is 33.9. The number of para-hydroxylation sites is 2. The smallest absolute Gasteiger partial charge is 0.264 e. The van der Waals surface area contributed by atoms with Crippen molar-refractivity contribution >= 4 is 54.5 Å². The fraction of sp³-hybridized carbons (Fsp3) is 0.453. The van der Waals surface area contributed by atoms with Crippen molar-refractivity contribution < 1.29 is 29.0 Å². The zero-order valence-corrected chi connectivity index (χ0v) is 41.3. The number of carbonyl (C=O) groups is 3. The minimum Gasteiger partial charge on any atom is -0.432 e. The summed E-state index contributed by atoms with van der Waals surface area (Å²) in [6.07, 6.45) is 4.89. The molecular weight excluding hydrogens is 901 g/mol. The maximum atomic E-state index is 15.9. The summed E-state index contributed by atoms with van der Waals surface area (Å²) in [7, 11) is -3.03. The topological polar surface area (TPSA) is 172 Å². The van der Waals surface area contributed by atoms with E-state index in [0.717, 1.165) is 48.8 Å². The van der Waals surface area contributed by atoms with Gasteiger partial charge in [0, 0.05) is 65.5 Å². The molecule has 70 heavy (non-hydrogen) atoms. The van der Waals surface area contributed by atoms with Gasteiger partial charge < -0.3 is 40.0 Å². The van der Waals surface area contributed by atoms with E-state index >= 15 is 9.59 Å². The highest BCUT2D eigenvalue weighted by molar-refractivity contribution is 6.71. The van der Waals surface area contributed by atoms with Crippen LogP contribution in [0.3, 0.4) is 0 Å². The lowest BCUT2D eigenvalue weighted by atomic mass is 9.82. The number of anilines is 5. The third-order valence-electron chi connectivity index (χ3n) is 16.3. The van der Waals surface area contributed by atoms with Gasteiger partial charge in [0.25, 0.3) is 17.7 Å². The predicted molar refractivity (Wildman–Crippen MR) is 271 cm³/mol. The number of piperidine rings is 2. The van der Waals surface area contributed by atoms with Gasteiger partial charge >= 0.3 is 0 Å². The van der Waals surface area contributed by atoms with E-state index in [2.05, 4.69) is 55.0 Å². The molecule has 0 radical (unpaired) electrons. The molecule has 4 atom stereocenters. The van der Waals surface area contributed by atoms with Crippen molar-refractivity contribution in [2.24, 2.45) is 5.92 Å². The van der Waals surface area contributed by atoms with Crippen LogP contribution < -0.4 is 35.1 Å². The molecule has 366 valence electrons. The molecular formula is C53H64N10O6Si. The van der Waals surface area contributed by atoms with Crippen LogP contribution in [-0.2, 0) is 44.2 Å². The van der Waals surface area contributed by atoms with Crippen LogP contribution in [0.4, 0.5) is 28.4 Å². The minimum absolute atomic E-state index is 0.0332. The van der Waals surface area contributed by atoms with E-state index < -0.39 is 37.0 Å². The van der Waals surface area contributed by atoms with Crippen molar-refractivity contribution in [1.29, 1.82) is 0 Å². The Hall–Kier alpha value is -5.95. The maximum absolute atomic E-state index is 15.9. The van der Waals surface area contributed by atoms with Gasteiger partial charge in [-0.15, -0.1) is 5.10 Å². The van der Waals surface area contributed by atoms with Crippen LogP contribution in [0.15, 0.2) is 109 Å². The molecule has 3 spiro atoms. The number of rotatable bonds is 12. The number of aryl methyl sites for hydroxylation is 1. The highest BCUT2D eigenvalue weighted by Crippen LogP contribution is 2.60. The Balaban J connectivity index is 0.968. The normalized spacial score (nSPS) is 25.1. The zero-order valence-electron chi connectivity index (χ0n) is 40.3. The molecule has 7 heterocycles. The molecule has 17 heteroatoms. The van der Waals surface area contributed by atoms with Crippen LogP contribution in [-0.4, -0.2) is 114 Å². The summed E-state index contributed by atoms with van der Waals surface area (Å²) in [5.41, 5.74) is 3.16. The number of aromatic nitrogens is 3. The standard InChI is InChI=1S/C53H64N10O6Si/c1-37-47(70(2,3)68)46(19-29-58-34-39(20-30-64)56-57-58)69-53(37)44-32-43(61-36-63(41-14-8-5-9-15-41)52(49(61)66)23-27-55-28-24-52)17-18-45(44)59(50(53)67)33-38-11-10-16-42(31-38)60-35-62(40-12-6-4-7-13-40)51(48(60)65)21-25-54-26-22-51/h4-18,31-32,34,37,46-47,54-55,64,68H,19-30,33,35-36H2,1-3H3/t37-,46+,47-,53+/m1/s1. The number of ether oxygens (including phenoxy) is 1. The van der Waals surface area contributed by atoms with Crippen LogP contribution in [0.2, 0.25) is 18.6 Å². The van der Waals surface area contributed by atoms with Gasteiger partial charge in [-0.25, -0.2) is 0 Å². The number of fused-ring (bicyclic) bond motifs is 2. The number of hydrogen-bond acceptors (Lipinski definition) is 12. The molecule has 1 aromatic heterocycles. The first-order valence-corrected chi connectivity index (χ1v) is 28.1. The fourth-order valence-electron chi connectivity index (χ4n) is 12.9. The van der Waals surface area contributed by atoms with Crippen molar-refractivity contribution in [3.05, 3.63) is 126 Å². The summed E-state index contributed by atoms with van der Waals surface area (Å²) in [5.74, 6) is -0.550. The summed E-state index contributed by atoms with van der Waals surface area (Å²) in [6, 6.07) is 34.2. The van der Waals surface area contributed by atoms with Gasteiger partial charge in [-0.2, -0.15) is 0 Å². The lowest BCUT2D eigenvalue weighted by Crippen LogP contribution is -2.55. The highest BCUT2D eigenvalue weighted by atomic mass is 28.4. The molecule has 0 unspecified atom stereocenters. The monoisotopic (exact) mass is 964 g/mol. The van der Waals surface area contributed by atoms with E-state index in [1.165, 1.54) is 0 Å². The third-order valence-corrected chi connectivity index (χ3v) is 18.8. The molecule has 16 nitrogen and oxygen atoms in total. The van der Waals surface area contributed by atoms with Gasteiger partial charge in [-0.05, 0) is 132 Å². The number of hydrogen-bond donors (Lipinski definition) is 4. The second kappa shape index (κ2) is 18.0. The van der Waals surface area contributed by atoms with E-state index in [1.807, 2.05) is 120 Å². The van der Waals surface area contributed by atoms with Crippen LogP contribution in [0.1, 0.15) is 55.8 Å². The van der Waals surface area contributed by atoms with Crippen molar-refractivity contribution in [1.82, 2.24) is 25.6 Å². The van der Waals surface area contributed by atoms with Crippen LogP contribution in [0, 0.1) is 5.92 Å². The minimum atomic E-state index is -3.03. The van der Waals surface area contributed by atoms with E-state index in [0.29, 0.717) is 81.0 Å². The van der Waals surface area contributed by atoms with Crippen molar-refractivity contribution in [2.75, 3.05) is 70.6 Å². The number of amides is 3. The van der Waals surface area contributed by atoms with Crippen LogP contribution in [0.25, 0.3) is 0 Å². The lowest BCUT2D eigenvalue weighted by molar-refractivity contribution is -0.146. The quantitative estimate of drug-likeness (QED) is 0.122. The molecule has 0 aliphatic carbocycles. The Bertz CT molecular complexity index is 2760. The van der Waals surface area contributed by atoms with Crippen LogP contribution >= 0.6 is 0 Å². The molecule has 4 aromatic carbocycles. The molecule has 0 saturated carbocycles. The number of aliphatic hydroxyl groups is 1.